The lowest BCUT2D eigenvalue weighted by Crippen LogP contribution is -2.23. The molecule has 2 nitrogen and oxygen atoms in total. The van der Waals surface area contributed by atoms with Crippen molar-refractivity contribution in [3.63, 3.8) is 0 Å². The van der Waals surface area contributed by atoms with Crippen LogP contribution in [-0.2, 0) is 0 Å². The van der Waals surface area contributed by atoms with E-state index in [0.29, 0.717) is 5.70 Å². The zero-order valence-electron chi connectivity index (χ0n) is 5.18. The van der Waals surface area contributed by atoms with E-state index in [9.17, 15) is 13.2 Å². The fraction of sp³-hybridized carbons (Fsp3) is 0.600. The van der Waals surface area contributed by atoms with Gasteiger partial charge in [0.1, 0.15) is 0 Å². The summed E-state index contributed by atoms with van der Waals surface area (Å²) in [6.45, 7) is 1.48. The highest BCUT2D eigenvalue weighted by Crippen LogP contribution is 2.28. The molecule has 0 aliphatic carbocycles. The van der Waals surface area contributed by atoms with Crippen LogP contribution < -0.4 is 0 Å². The molecular weight excluding hydrogens is 145 g/mol. The first-order valence-electron chi connectivity index (χ1n) is 2.66. The molecule has 0 aromatic heterocycles. The van der Waals surface area contributed by atoms with Crippen molar-refractivity contribution >= 4 is 0 Å². The van der Waals surface area contributed by atoms with Crippen molar-refractivity contribution in [1.82, 2.24) is 0 Å². The minimum absolute atomic E-state index is 0.322. The third-order valence-electron chi connectivity index (χ3n) is 1.07. The molecule has 0 bridgehead atoms. The molecule has 0 aromatic rings. The van der Waals surface area contributed by atoms with Crippen LogP contribution in [0.15, 0.2) is 22.0 Å². The molecule has 1 aliphatic heterocycles. The van der Waals surface area contributed by atoms with Gasteiger partial charge >= 0.3 is 6.18 Å². The maximum absolute atomic E-state index is 11.7. The lowest BCUT2D eigenvalue weighted by atomic mass is 10.3. The molecule has 0 radical (unpaired) electrons. The molecule has 1 atom stereocenters. The van der Waals surface area contributed by atoms with Gasteiger partial charge in [-0.3, -0.25) is 0 Å². The van der Waals surface area contributed by atoms with Crippen molar-refractivity contribution in [2.45, 2.75) is 19.1 Å². The largest absolute Gasteiger partial charge is 0.416 e. The fourth-order valence-electron chi connectivity index (χ4n) is 0.608. The molecule has 10 heavy (non-hydrogen) atoms. The van der Waals surface area contributed by atoms with Crippen molar-refractivity contribution in [3.8, 4) is 0 Å². The zero-order valence-corrected chi connectivity index (χ0v) is 5.18. The number of azo groups is 1. The molecule has 0 amide bonds. The van der Waals surface area contributed by atoms with Gasteiger partial charge in [-0.05, 0) is 13.0 Å². The number of nitrogens with zero attached hydrogens (tertiary/aromatic N) is 2. The summed E-state index contributed by atoms with van der Waals surface area (Å²) in [7, 11) is 0. The number of hydrogen-bond donors (Lipinski definition) is 0. The third kappa shape index (κ3) is 1.34. The second-order valence-corrected chi connectivity index (χ2v) is 2.01. The SMILES string of the molecule is CC1=CC(C(F)(F)F)N=N1. The molecule has 56 valence electrons. The van der Waals surface area contributed by atoms with Crippen molar-refractivity contribution in [3.05, 3.63) is 11.8 Å². The summed E-state index contributed by atoms with van der Waals surface area (Å²) in [5.41, 5.74) is 0.322. The molecule has 1 rings (SSSR count). The van der Waals surface area contributed by atoms with E-state index in [-0.39, 0.29) is 0 Å². The molecule has 0 N–H and O–H groups in total. The van der Waals surface area contributed by atoms with Crippen molar-refractivity contribution < 1.29 is 13.2 Å². The lowest BCUT2D eigenvalue weighted by molar-refractivity contribution is -0.136. The quantitative estimate of drug-likeness (QED) is 0.506. The first-order valence-corrected chi connectivity index (χ1v) is 2.66. The monoisotopic (exact) mass is 150 g/mol. The first kappa shape index (κ1) is 7.24. The lowest BCUT2D eigenvalue weighted by Gasteiger charge is -2.06. The third-order valence-corrected chi connectivity index (χ3v) is 1.07. The van der Waals surface area contributed by atoms with E-state index in [1.54, 1.807) is 0 Å². The normalized spacial score (nSPS) is 25.2. The Morgan fingerprint density at radius 3 is 2.30 bits per heavy atom. The Balaban J connectivity index is 2.72. The Hall–Kier alpha value is -0.870. The van der Waals surface area contributed by atoms with Gasteiger partial charge in [-0.1, -0.05) is 0 Å². The Bertz CT molecular complexity index is 192. The molecule has 0 fully saturated rings. The standard InChI is InChI=1S/C5H5F3N2/c1-3-2-4(10-9-3)5(6,7)8/h2,4H,1H3. The Morgan fingerprint density at radius 1 is 1.50 bits per heavy atom. The van der Waals surface area contributed by atoms with Crippen LogP contribution in [0.3, 0.4) is 0 Å². The second-order valence-electron chi connectivity index (χ2n) is 2.01. The topological polar surface area (TPSA) is 24.7 Å². The van der Waals surface area contributed by atoms with Gasteiger partial charge in [0, 0.05) is 0 Å². The van der Waals surface area contributed by atoms with Gasteiger partial charge < -0.3 is 0 Å². The summed E-state index contributed by atoms with van der Waals surface area (Å²) in [4.78, 5) is 0. The first-order chi connectivity index (χ1) is 4.50. The minimum atomic E-state index is -4.28. The molecule has 1 unspecified atom stereocenters. The van der Waals surface area contributed by atoms with Gasteiger partial charge in [0.05, 0.1) is 5.70 Å². The van der Waals surface area contributed by atoms with E-state index in [1.807, 2.05) is 0 Å². The second kappa shape index (κ2) is 2.07. The van der Waals surface area contributed by atoms with Gasteiger partial charge in [-0.2, -0.15) is 23.4 Å². The van der Waals surface area contributed by atoms with Gasteiger partial charge in [0.15, 0.2) is 6.04 Å². The van der Waals surface area contributed by atoms with Gasteiger partial charge in [-0.15, -0.1) is 0 Å². The molecule has 0 spiro atoms. The average Bonchev–Trinajstić information content (AvgIpc) is 2.11. The van der Waals surface area contributed by atoms with Crippen LogP contribution in [0.5, 0.6) is 0 Å². The van der Waals surface area contributed by atoms with Crippen LogP contribution in [0, 0.1) is 0 Å². The highest BCUT2D eigenvalue weighted by Gasteiger charge is 2.40. The van der Waals surface area contributed by atoms with Gasteiger partial charge in [-0.25, -0.2) is 0 Å². The highest BCUT2D eigenvalue weighted by molar-refractivity contribution is 5.09. The Labute approximate surface area is 55.4 Å². The minimum Gasteiger partial charge on any atom is -0.172 e. The molecule has 0 saturated heterocycles. The van der Waals surface area contributed by atoms with Crippen LogP contribution in [0.25, 0.3) is 0 Å². The predicted octanol–water partition coefficient (Wildman–Crippen LogP) is 2.29. The number of allylic oxidation sites excluding steroid dienone is 1. The van der Waals surface area contributed by atoms with Crippen molar-refractivity contribution in [2.24, 2.45) is 10.2 Å². The number of alkyl halides is 3. The van der Waals surface area contributed by atoms with Crippen LogP contribution in [-0.4, -0.2) is 12.2 Å². The molecule has 0 saturated carbocycles. The van der Waals surface area contributed by atoms with E-state index in [2.05, 4.69) is 10.2 Å². The van der Waals surface area contributed by atoms with E-state index in [1.165, 1.54) is 6.92 Å². The highest BCUT2D eigenvalue weighted by atomic mass is 19.4. The summed E-state index contributed by atoms with van der Waals surface area (Å²) in [6, 6.07) is -1.72. The van der Waals surface area contributed by atoms with E-state index in [4.69, 9.17) is 0 Å². The number of halogens is 3. The summed E-state index contributed by atoms with van der Waals surface area (Å²) in [5.74, 6) is 0. The fourth-order valence-corrected chi connectivity index (χ4v) is 0.608. The molecule has 1 aliphatic rings. The van der Waals surface area contributed by atoms with Crippen LogP contribution >= 0.6 is 0 Å². The van der Waals surface area contributed by atoms with E-state index < -0.39 is 12.2 Å². The summed E-state index contributed by atoms with van der Waals surface area (Å²) in [5, 5.41) is 6.25. The van der Waals surface area contributed by atoms with E-state index in [0.717, 1.165) is 6.08 Å². The molecule has 1 heterocycles. The summed E-state index contributed by atoms with van der Waals surface area (Å²) in [6.07, 6.45) is -3.29. The Morgan fingerprint density at radius 2 is 2.10 bits per heavy atom. The number of rotatable bonds is 0. The Kier molecular flexibility index (Phi) is 1.50. The van der Waals surface area contributed by atoms with E-state index >= 15 is 0 Å². The zero-order chi connectivity index (χ0) is 7.78. The predicted molar refractivity (Wildman–Crippen MR) is 28.5 cm³/mol. The van der Waals surface area contributed by atoms with Gasteiger partial charge in [0.25, 0.3) is 0 Å². The molecule has 5 heteroatoms. The van der Waals surface area contributed by atoms with Crippen molar-refractivity contribution in [1.29, 1.82) is 0 Å². The van der Waals surface area contributed by atoms with Crippen LogP contribution in [0.4, 0.5) is 13.2 Å². The van der Waals surface area contributed by atoms with Gasteiger partial charge in [0.2, 0.25) is 0 Å². The maximum atomic E-state index is 11.7. The smallest absolute Gasteiger partial charge is 0.172 e. The number of hydrogen-bond acceptors (Lipinski definition) is 2. The molecular formula is C5H5F3N2. The summed E-state index contributed by atoms with van der Waals surface area (Å²) < 4.78 is 35.2. The summed E-state index contributed by atoms with van der Waals surface area (Å²) >= 11 is 0. The van der Waals surface area contributed by atoms with Crippen LogP contribution in [0.2, 0.25) is 0 Å². The molecule has 0 aromatic carbocycles. The van der Waals surface area contributed by atoms with Crippen molar-refractivity contribution in [2.75, 3.05) is 0 Å². The average molecular weight is 150 g/mol. The van der Waals surface area contributed by atoms with Crippen LogP contribution in [0.1, 0.15) is 6.92 Å². The maximum Gasteiger partial charge on any atom is 0.416 e.